The minimum atomic E-state index is -0.829. The number of rotatable bonds is 7. The molecule has 0 aliphatic carbocycles. The van der Waals surface area contributed by atoms with Gasteiger partial charge in [0.25, 0.3) is 0 Å². The predicted molar refractivity (Wildman–Crippen MR) is 81.1 cm³/mol. The van der Waals surface area contributed by atoms with Crippen molar-refractivity contribution in [2.24, 2.45) is 0 Å². The molecule has 0 unspecified atom stereocenters. The van der Waals surface area contributed by atoms with Gasteiger partial charge in [-0.05, 0) is 42.6 Å². The first-order valence-electron chi connectivity index (χ1n) is 7.78. The number of carboxylic acids is 1. The standard InChI is InChI=1S/C17H25NO2/c1-2-3-4-5-6-10-18-11-9-14-7-8-15(17(19)20)12-16(14)13-18/h7-8,12H,2-6,9-11,13H2,1H3,(H,19,20). The maximum absolute atomic E-state index is 11.0. The molecule has 1 aromatic rings. The Labute approximate surface area is 121 Å². The number of carboxylic acid groups (broad SMARTS) is 1. The summed E-state index contributed by atoms with van der Waals surface area (Å²) < 4.78 is 0. The van der Waals surface area contributed by atoms with Crippen molar-refractivity contribution in [2.75, 3.05) is 13.1 Å². The first-order valence-corrected chi connectivity index (χ1v) is 7.78. The number of aromatic carboxylic acids is 1. The Morgan fingerprint density at radius 1 is 1.20 bits per heavy atom. The predicted octanol–water partition coefficient (Wildman–Crippen LogP) is 3.71. The average molecular weight is 275 g/mol. The number of carbonyl (C=O) groups is 1. The van der Waals surface area contributed by atoms with Crippen molar-refractivity contribution in [2.45, 2.75) is 52.0 Å². The van der Waals surface area contributed by atoms with Crippen LogP contribution in [-0.4, -0.2) is 29.1 Å². The van der Waals surface area contributed by atoms with Gasteiger partial charge in [0.1, 0.15) is 0 Å². The number of benzene rings is 1. The van der Waals surface area contributed by atoms with Crippen molar-refractivity contribution in [1.29, 1.82) is 0 Å². The van der Waals surface area contributed by atoms with Gasteiger partial charge in [-0.2, -0.15) is 0 Å². The molecule has 3 heteroatoms. The van der Waals surface area contributed by atoms with Crippen molar-refractivity contribution in [3.63, 3.8) is 0 Å². The molecular weight excluding hydrogens is 250 g/mol. The molecule has 20 heavy (non-hydrogen) atoms. The number of nitrogens with zero attached hydrogens (tertiary/aromatic N) is 1. The highest BCUT2D eigenvalue weighted by atomic mass is 16.4. The summed E-state index contributed by atoms with van der Waals surface area (Å²) in [7, 11) is 0. The van der Waals surface area contributed by atoms with Gasteiger partial charge in [0.05, 0.1) is 5.56 Å². The molecule has 110 valence electrons. The number of fused-ring (bicyclic) bond motifs is 1. The van der Waals surface area contributed by atoms with Crippen molar-refractivity contribution in [3.8, 4) is 0 Å². The van der Waals surface area contributed by atoms with Crippen LogP contribution in [0.4, 0.5) is 0 Å². The molecule has 1 aliphatic heterocycles. The second kappa shape index (κ2) is 7.44. The molecule has 0 aromatic heterocycles. The fourth-order valence-electron chi connectivity index (χ4n) is 2.88. The van der Waals surface area contributed by atoms with Crippen LogP contribution < -0.4 is 0 Å². The van der Waals surface area contributed by atoms with Gasteiger partial charge < -0.3 is 5.11 Å². The zero-order valence-corrected chi connectivity index (χ0v) is 12.4. The molecule has 1 aromatic carbocycles. The fourth-order valence-corrected chi connectivity index (χ4v) is 2.88. The van der Waals surface area contributed by atoms with E-state index < -0.39 is 5.97 Å². The van der Waals surface area contributed by atoms with E-state index in [1.165, 1.54) is 43.2 Å². The molecule has 0 bridgehead atoms. The lowest BCUT2D eigenvalue weighted by Crippen LogP contribution is -2.31. The first kappa shape index (κ1) is 15.0. The number of unbranched alkanes of at least 4 members (excludes halogenated alkanes) is 4. The van der Waals surface area contributed by atoms with Gasteiger partial charge >= 0.3 is 5.97 Å². The molecule has 0 spiro atoms. The quantitative estimate of drug-likeness (QED) is 0.771. The van der Waals surface area contributed by atoms with Crippen molar-refractivity contribution in [3.05, 3.63) is 34.9 Å². The number of hydrogen-bond donors (Lipinski definition) is 1. The van der Waals surface area contributed by atoms with E-state index in [1.54, 1.807) is 6.07 Å². The maximum atomic E-state index is 11.0. The highest BCUT2D eigenvalue weighted by molar-refractivity contribution is 5.87. The molecule has 1 N–H and O–H groups in total. The van der Waals surface area contributed by atoms with Crippen LogP contribution in [0.15, 0.2) is 18.2 Å². The summed E-state index contributed by atoms with van der Waals surface area (Å²) in [4.78, 5) is 13.5. The highest BCUT2D eigenvalue weighted by Gasteiger charge is 2.17. The lowest BCUT2D eigenvalue weighted by atomic mass is 9.97. The molecule has 2 rings (SSSR count). The Balaban J connectivity index is 1.86. The van der Waals surface area contributed by atoms with Gasteiger partial charge in [0, 0.05) is 13.1 Å². The molecule has 0 fully saturated rings. The van der Waals surface area contributed by atoms with Gasteiger partial charge in [-0.15, -0.1) is 0 Å². The summed E-state index contributed by atoms with van der Waals surface area (Å²) in [5, 5.41) is 9.06. The average Bonchev–Trinajstić information content (AvgIpc) is 2.46. The second-order valence-electron chi connectivity index (χ2n) is 5.73. The summed E-state index contributed by atoms with van der Waals surface area (Å²) in [5.74, 6) is -0.829. The summed E-state index contributed by atoms with van der Waals surface area (Å²) in [6.07, 6.45) is 7.58. The lowest BCUT2D eigenvalue weighted by molar-refractivity contribution is 0.0696. The zero-order valence-electron chi connectivity index (χ0n) is 12.4. The summed E-state index contributed by atoms with van der Waals surface area (Å²) >= 11 is 0. The van der Waals surface area contributed by atoms with Crippen LogP contribution in [0, 0.1) is 0 Å². The Morgan fingerprint density at radius 3 is 2.75 bits per heavy atom. The monoisotopic (exact) mass is 275 g/mol. The van der Waals surface area contributed by atoms with Crippen LogP contribution in [0.2, 0.25) is 0 Å². The van der Waals surface area contributed by atoms with Crippen LogP contribution >= 0.6 is 0 Å². The van der Waals surface area contributed by atoms with Crippen LogP contribution in [0.25, 0.3) is 0 Å². The van der Waals surface area contributed by atoms with Crippen LogP contribution in [0.1, 0.15) is 60.5 Å². The Morgan fingerprint density at radius 2 is 2.00 bits per heavy atom. The maximum Gasteiger partial charge on any atom is 0.335 e. The largest absolute Gasteiger partial charge is 0.478 e. The van der Waals surface area contributed by atoms with E-state index >= 15 is 0 Å². The molecule has 0 amide bonds. The zero-order chi connectivity index (χ0) is 14.4. The van der Waals surface area contributed by atoms with E-state index in [-0.39, 0.29) is 0 Å². The van der Waals surface area contributed by atoms with E-state index in [2.05, 4.69) is 11.8 Å². The summed E-state index contributed by atoms with van der Waals surface area (Å²) in [6.45, 7) is 5.39. The molecule has 0 saturated carbocycles. The van der Waals surface area contributed by atoms with Crippen LogP contribution in [0.5, 0.6) is 0 Å². The lowest BCUT2D eigenvalue weighted by Gasteiger charge is -2.29. The van der Waals surface area contributed by atoms with E-state index in [0.717, 1.165) is 26.1 Å². The highest BCUT2D eigenvalue weighted by Crippen LogP contribution is 2.21. The minimum Gasteiger partial charge on any atom is -0.478 e. The van der Waals surface area contributed by atoms with Crippen LogP contribution in [-0.2, 0) is 13.0 Å². The Hall–Kier alpha value is -1.35. The topological polar surface area (TPSA) is 40.5 Å². The smallest absolute Gasteiger partial charge is 0.335 e. The first-order chi connectivity index (χ1) is 9.70. The van der Waals surface area contributed by atoms with Crippen molar-refractivity contribution < 1.29 is 9.90 Å². The second-order valence-corrected chi connectivity index (χ2v) is 5.73. The normalized spacial score (nSPS) is 15.1. The SMILES string of the molecule is CCCCCCCN1CCc2ccc(C(=O)O)cc2C1. The molecule has 1 aliphatic rings. The summed E-state index contributed by atoms with van der Waals surface area (Å²) in [6, 6.07) is 5.56. The molecule has 0 radical (unpaired) electrons. The van der Waals surface area contributed by atoms with Crippen molar-refractivity contribution in [1.82, 2.24) is 4.90 Å². The third-order valence-corrected chi connectivity index (χ3v) is 4.12. The van der Waals surface area contributed by atoms with Crippen LogP contribution in [0.3, 0.4) is 0 Å². The van der Waals surface area contributed by atoms with Crippen molar-refractivity contribution >= 4 is 5.97 Å². The number of hydrogen-bond acceptors (Lipinski definition) is 2. The van der Waals surface area contributed by atoms with E-state index in [4.69, 9.17) is 5.11 Å². The molecule has 0 atom stereocenters. The molecular formula is C17H25NO2. The fraction of sp³-hybridized carbons (Fsp3) is 0.588. The van der Waals surface area contributed by atoms with Gasteiger partial charge in [0.15, 0.2) is 0 Å². The Bertz CT molecular complexity index is 456. The third-order valence-electron chi connectivity index (χ3n) is 4.12. The van der Waals surface area contributed by atoms with E-state index in [9.17, 15) is 4.79 Å². The van der Waals surface area contributed by atoms with E-state index in [0.29, 0.717) is 5.56 Å². The van der Waals surface area contributed by atoms with Gasteiger partial charge in [-0.1, -0.05) is 38.7 Å². The summed E-state index contributed by atoms with van der Waals surface area (Å²) in [5.41, 5.74) is 2.93. The molecule has 1 heterocycles. The van der Waals surface area contributed by atoms with Gasteiger partial charge in [-0.25, -0.2) is 4.79 Å². The third kappa shape index (κ3) is 4.07. The molecule has 0 saturated heterocycles. The molecule has 3 nitrogen and oxygen atoms in total. The Kier molecular flexibility index (Phi) is 5.60. The van der Waals surface area contributed by atoms with Gasteiger partial charge in [-0.3, -0.25) is 4.90 Å². The van der Waals surface area contributed by atoms with E-state index in [1.807, 2.05) is 12.1 Å². The van der Waals surface area contributed by atoms with Gasteiger partial charge in [0.2, 0.25) is 0 Å². The minimum absolute atomic E-state index is 0.411.